The highest BCUT2D eigenvalue weighted by Crippen LogP contribution is 2.46. The van der Waals surface area contributed by atoms with E-state index in [1.165, 1.54) is 3.94 Å². The minimum Gasteiger partial charge on any atom is -0.126 e. The van der Waals surface area contributed by atoms with Gasteiger partial charge in [-0.3, -0.25) is 0 Å². The molecule has 1 nitrogen and oxygen atoms in total. The van der Waals surface area contributed by atoms with Gasteiger partial charge in [0.2, 0.25) is 0 Å². The van der Waals surface area contributed by atoms with Crippen LogP contribution in [0.1, 0.15) is 26.2 Å². The molecule has 0 radical (unpaired) electrons. The normalized spacial score (nSPS) is 24.0. The van der Waals surface area contributed by atoms with Gasteiger partial charge in [0, 0.05) is 0 Å². The van der Waals surface area contributed by atoms with Gasteiger partial charge in [-0.15, -0.1) is 3.94 Å². The summed E-state index contributed by atoms with van der Waals surface area (Å²) < 4.78 is 1.30. The lowest BCUT2D eigenvalue weighted by molar-refractivity contribution is 0.453. The van der Waals surface area contributed by atoms with Gasteiger partial charge in [0.25, 0.3) is 0 Å². The minimum absolute atomic E-state index is 0.156. The van der Waals surface area contributed by atoms with E-state index in [0.717, 1.165) is 19.3 Å². The standard InChI is InChI=1S/C5H9Cl2N/c1-2-5(3-4-5)8(6)7/h2-4H2,1H3. The van der Waals surface area contributed by atoms with Crippen LogP contribution in [0.15, 0.2) is 0 Å². The van der Waals surface area contributed by atoms with Crippen molar-refractivity contribution in [2.75, 3.05) is 0 Å². The van der Waals surface area contributed by atoms with Crippen molar-refractivity contribution in [2.24, 2.45) is 0 Å². The maximum atomic E-state index is 5.53. The lowest BCUT2D eigenvalue weighted by atomic mass is 10.2. The molecule has 0 saturated heterocycles. The van der Waals surface area contributed by atoms with Crippen molar-refractivity contribution in [3.05, 3.63) is 0 Å². The maximum Gasteiger partial charge on any atom is 0.0525 e. The highest BCUT2D eigenvalue weighted by Gasteiger charge is 2.45. The Morgan fingerprint density at radius 3 is 2.00 bits per heavy atom. The molecule has 0 amide bonds. The summed E-state index contributed by atoms with van der Waals surface area (Å²) in [6.45, 7) is 2.10. The third kappa shape index (κ3) is 0.949. The van der Waals surface area contributed by atoms with Crippen LogP contribution in [0, 0.1) is 0 Å². The van der Waals surface area contributed by atoms with E-state index in [-0.39, 0.29) is 5.54 Å². The molecule has 0 atom stereocenters. The van der Waals surface area contributed by atoms with E-state index in [9.17, 15) is 0 Å². The number of rotatable bonds is 2. The van der Waals surface area contributed by atoms with Crippen molar-refractivity contribution in [3.63, 3.8) is 0 Å². The first-order valence-corrected chi connectivity index (χ1v) is 3.51. The maximum absolute atomic E-state index is 5.53. The van der Waals surface area contributed by atoms with E-state index in [0.29, 0.717) is 0 Å². The summed E-state index contributed by atoms with van der Waals surface area (Å²) in [7, 11) is 0. The van der Waals surface area contributed by atoms with Crippen LogP contribution in [-0.4, -0.2) is 9.48 Å². The summed E-state index contributed by atoms with van der Waals surface area (Å²) in [5.41, 5.74) is 0.156. The average Bonchev–Trinajstić information content (AvgIpc) is 2.44. The average molecular weight is 154 g/mol. The molecule has 48 valence electrons. The van der Waals surface area contributed by atoms with E-state index >= 15 is 0 Å². The number of halogens is 2. The molecular formula is C5H9Cl2N. The molecule has 1 rings (SSSR count). The molecule has 0 aromatic heterocycles. The highest BCUT2D eigenvalue weighted by molar-refractivity contribution is 6.34. The smallest absolute Gasteiger partial charge is 0.0525 e. The van der Waals surface area contributed by atoms with Crippen LogP contribution in [0.25, 0.3) is 0 Å². The predicted molar refractivity (Wildman–Crippen MR) is 35.8 cm³/mol. The molecule has 3 heteroatoms. The third-order valence-electron chi connectivity index (χ3n) is 1.84. The molecule has 0 heterocycles. The summed E-state index contributed by atoms with van der Waals surface area (Å²) in [5.74, 6) is 0. The molecule has 1 aliphatic rings. The van der Waals surface area contributed by atoms with Crippen LogP contribution in [-0.2, 0) is 0 Å². The van der Waals surface area contributed by atoms with Crippen LogP contribution >= 0.6 is 23.6 Å². The molecule has 8 heavy (non-hydrogen) atoms. The number of hydrogen-bond acceptors (Lipinski definition) is 1. The Morgan fingerprint density at radius 1 is 1.50 bits per heavy atom. The topological polar surface area (TPSA) is 3.24 Å². The largest absolute Gasteiger partial charge is 0.126 e. The molecule has 0 aromatic rings. The second-order valence-corrected chi connectivity index (χ2v) is 3.16. The van der Waals surface area contributed by atoms with Crippen molar-refractivity contribution in [3.8, 4) is 0 Å². The lowest BCUT2D eigenvalue weighted by Gasteiger charge is -2.14. The molecule has 1 aliphatic carbocycles. The van der Waals surface area contributed by atoms with Gasteiger partial charge in [-0.25, -0.2) is 0 Å². The van der Waals surface area contributed by atoms with Gasteiger partial charge >= 0.3 is 0 Å². The van der Waals surface area contributed by atoms with Crippen molar-refractivity contribution < 1.29 is 0 Å². The fraction of sp³-hybridized carbons (Fsp3) is 1.00. The summed E-state index contributed by atoms with van der Waals surface area (Å²) in [6, 6.07) is 0. The van der Waals surface area contributed by atoms with Crippen molar-refractivity contribution in [1.29, 1.82) is 0 Å². The van der Waals surface area contributed by atoms with Gasteiger partial charge in [0.1, 0.15) is 0 Å². The summed E-state index contributed by atoms with van der Waals surface area (Å²) in [4.78, 5) is 0. The van der Waals surface area contributed by atoms with E-state index in [2.05, 4.69) is 6.92 Å². The molecule has 0 aromatic carbocycles. The molecular weight excluding hydrogens is 145 g/mol. The number of hydrogen-bond donors (Lipinski definition) is 0. The highest BCUT2D eigenvalue weighted by atomic mass is 35.5. The second kappa shape index (κ2) is 2.05. The first kappa shape index (κ1) is 6.66. The predicted octanol–water partition coefficient (Wildman–Crippen LogP) is 2.54. The Labute approximate surface area is 59.8 Å². The Kier molecular flexibility index (Phi) is 1.71. The fourth-order valence-corrected chi connectivity index (χ4v) is 1.36. The summed E-state index contributed by atoms with van der Waals surface area (Å²) in [5, 5.41) is 0. The van der Waals surface area contributed by atoms with E-state index < -0.39 is 0 Å². The van der Waals surface area contributed by atoms with E-state index in [4.69, 9.17) is 23.6 Å². The first-order valence-electron chi connectivity index (χ1n) is 2.83. The van der Waals surface area contributed by atoms with E-state index in [1.807, 2.05) is 0 Å². The molecule has 0 spiro atoms. The zero-order valence-corrected chi connectivity index (χ0v) is 6.34. The summed E-state index contributed by atoms with van der Waals surface area (Å²) >= 11 is 11.1. The molecule has 0 aliphatic heterocycles. The number of nitrogens with zero attached hydrogens (tertiary/aromatic N) is 1. The van der Waals surface area contributed by atoms with Gasteiger partial charge in [-0.05, 0) is 42.8 Å². The minimum atomic E-state index is 0.156. The zero-order valence-electron chi connectivity index (χ0n) is 4.82. The van der Waals surface area contributed by atoms with Crippen LogP contribution in [0.4, 0.5) is 0 Å². The van der Waals surface area contributed by atoms with Crippen LogP contribution in [0.5, 0.6) is 0 Å². The Morgan fingerprint density at radius 2 is 2.00 bits per heavy atom. The lowest BCUT2D eigenvalue weighted by Crippen LogP contribution is -2.18. The van der Waals surface area contributed by atoms with Crippen molar-refractivity contribution >= 4 is 23.6 Å². The first-order chi connectivity index (χ1) is 3.71. The molecule has 0 bridgehead atoms. The van der Waals surface area contributed by atoms with Crippen molar-refractivity contribution in [2.45, 2.75) is 31.7 Å². The van der Waals surface area contributed by atoms with Gasteiger partial charge < -0.3 is 0 Å². The van der Waals surface area contributed by atoms with Crippen molar-refractivity contribution in [1.82, 2.24) is 3.94 Å². The monoisotopic (exact) mass is 153 g/mol. The van der Waals surface area contributed by atoms with E-state index in [1.54, 1.807) is 0 Å². The Bertz CT molecular complexity index is 88.4. The molecule has 1 fully saturated rings. The summed E-state index contributed by atoms with van der Waals surface area (Å²) in [6.07, 6.45) is 3.35. The SMILES string of the molecule is CCC1(N(Cl)Cl)CC1. The third-order valence-corrected chi connectivity index (χ3v) is 2.56. The van der Waals surface area contributed by atoms with Gasteiger partial charge in [-0.1, -0.05) is 6.92 Å². The van der Waals surface area contributed by atoms with Gasteiger partial charge in [0.15, 0.2) is 0 Å². The molecule has 0 N–H and O–H groups in total. The second-order valence-electron chi connectivity index (χ2n) is 2.31. The molecule has 0 unspecified atom stereocenters. The van der Waals surface area contributed by atoms with Crippen LogP contribution in [0.2, 0.25) is 0 Å². The van der Waals surface area contributed by atoms with Crippen LogP contribution < -0.4 is 0 Å². The molecule has 1 saturated carbocycles. The fourth-order valence-electron chi connectivity index (χ4n) is 0.786. The van der Waals surface area contributed by atoms with Gasteiger partial charge in [-0.2, -0.15) is 0 Å². The zero-order chi connectivity index (χ0) is 6.20. The quantitative estimate of drug-likeness (QED) is 0.552. The Hall–Kier alpha value is 0.540. The van der Waals surface area contributed by atoms with Crippen LogP contribution in [0.3, 0.4) is 0 Å². The Balaban J connectivity index is 2.41. The van der Waals surface area contributed by atoms with Gasteiger partial charge in [0.05, 0.1) is 5.54 Å².